The maximum Gasteiger partial charge on any atom is 0.0643 e. The van der Waals surface area contributed by atoms with Crippen LogP contribution >= 0.6 is 0 Å². The van der Waals surface area contributed by atoms with Crippen LogP contribution in [-0.4, -0.2) is 30.0 Å². The molecule has 3 nitrogen and oxygen atoms in total. The largest absolute Gasteiger partial charge is 0.393 e. The van der Waals surface area contributed by atoms with Crippen LogP contribution in [0.1, 0.15) is 33.6 Å². The summed E-state index contributed by atoms with van der Waals surface area (Å²) < 4.78 is 5.32. The molecule has 12 heavy (non-hydrogen) atoms. The van der Waals surface area contributed by atoms with Gasteiger partial charge in [-0.1, -0.05) is 6.92 Å². The Morgan fingerprint density at radius 3 is 2.58 bits per heavy atom. The van der Waals surface area contributed by atoms with Gasteiger partial charge in [0.05, 0.1) is 12.7 Å². The Labute approximate surface area is 74.9 Å². The molecule has 0 aliphatic heterocycles. The summed E-state index contributed by atoms with van der Waals surface area (Å²) >= 11 is 0. The van der Waals surface area contributed by atoms with Crippen LogP contribution in [0.4, 0.5) is 0 Å². The minimum atomic E-state index is -0.282. The summed E-state index contributed by atoms with van der Waals surface area (Å²) in [5.74, 6) is 0. The van der Waals surface area contributed by atoms with Crippen LogP contribution in [0.15, 0.2) is 0 Å². The number of aliphatic hydroxyl groups excluding tert-OH is 1. The number of aliphatic hydroxyl groups is 1. The molecule has 0 aliphatic carbocycles. The van der Waals surface area contributed by atoms with Crippen molar-refractivity contribution in [1.82, 2.24) is 0 Å². The summed E-state index contributed by atoms with van der Waals surface area (Å²) in [4.78, 5) is 0. The minimum Gasteiger partial charge on any atom is -0.393 e. The Kier molecular flexibility index (Phi) is 5.46. The highest BCUT2D eigenvalue weighted by molar-refractivity contribution is 4.75. The van der Waals surface area contributed by atoms with E-state index in [-0.39, 0.29) is 11.6 Å². The van der Waals surface area contributed by atoms with Gasteiger partial charge < -0.3 is 15.6 Å². The second-order valence-corrected chi connectivity index (χ2v) is 3.70. The number of hydrogen-bond acceptors (Lipinski definition) is 3. The molecule has 0 saturated carbocycles. The number of nitrogens with two attached hydrogens (primary N) is 1. The minimum absolute atomic E-state index is 0.224. The van der Waals surface area contributed by atoms with Gasteiger partial charge in [-0.2, -0.15) is 0 Å². The lowest BCUT2D eigenvalue weighted by molar-refractivity contribution is 0.0615. The van der Waals surface area contributed by atoms with Gasteiger partial charge in [-0.3, -0.25) is 0 Å². The summed E-state index contributed by atoms with van der Waals surface area (Å²) in [7, 11) is 0. The van der Waals surface area contributed by atoms with Crippen molar-refractivity contribution in [2.24, 2.45) is 5.73 Å². The standard InChI is InChI=1S/C9H21NO2/c1-4-9(3,10)7-12-6-5-8(2)11/h8,11H,4-7,10H2,1-3H3. The van der Waals surface area contributed by atoms with E-state index in [0.717, 1.165) is 6.42 Å². The SMILES string of the molecule is CCC(C)(N)COCCC(C)O. The van der Waals surface area contributed by atoms with Crippen molar-refractivity contribution in [3.63, 3.8) is 0 Å². The molecule has 0 rings (SSSR count). The lowest BCUT2D eigenvalue weighted by atomic mass is 10.0. The Hall–Kier alpha value is -0.120. The van der Waals surface area contributed by atoms with Gasteiger partial charge >= 0.3 is 0 Å². The van der Waals surface area contributed by atoms with Crippen molar-refractivity contribution in [2.45, 2.75) is 45.3 Å². The fraction of sp³-hybridized carbons (Fsp3) is 1.00. The van der Waals surface area contributed by atoms with E-state index in [4.69, 9.17) is 15.6 Å². The first-order valence-corrected chi connectivity index (χ1v) is 4.52. The Morgan fingerprint density at radius 1 is 1.58 bits per heavy atom. The fourth-order valence-corrected chi connectivity index (χ4v) is 0.661. The number of ether oxygens (including phenoxy) is 1. The molecule has 0 aromatic heterocycles. The molecule has 0 aromatic carbocycles. The van der Waals surface area contributed by atoms with Crippen LogP contribution in [0.5, 0.6) is 0 Å². The predicted octanol–water partition coefficient (Wildman–Crippen LogP) is 0.901. The molecule has 0 radical (unpaired) electrons. The van der Waals surface area contributed by atoms with Crippen molar-refractivity contribution in [1.29, 1.82) is 0 Å². The van der Waals surface area contributed by atoms with E-state index in [2.05, 4.69) is 0 Å². The fourth-order valence-electron chi connectivity index (χ4n) is 0.661. The van der Waals surface area contributed by atoms with E-state index in [1.165, 1.54) is 0 Å². The molecule has 0 heterocycles. The predicted molar refractivity (Wildman–Crippen MR) is 50.0 cm³/mol. The van der Waals surface area contributed by atoms with E-state index in [9.17, 15) is 0 Å². The Balaban J connectivity index is 3.31. The zero-order valence-electron chi connectivity index (χ0n) is 8.34. The first-order valence-electron chi connectivity index (χ1n) is 4.52. The molecular formula is C9H21NO2. The van der Waals surface area contributed by atoms with E-state index in [1.807, 2.05) is 13.8 Å². The van der Waals surface area contributed by atoms with Crippen molar-refractivity contribution >= 4 is 0 Å². The Morgan fingerprint density at radius 2 is 2.17 bits per heavy atom. The molecule has 2 unspecified atom stereocenters. The zero-order chi connectivity index (χ0) is 9.61. The second kappa shape index (κ2) is 5.51. The molecule has 3 N–H and O–H groups in total. The highest BCUT2D eigenvalue weighted by Crippen LogP contribution is 2.05. The van der Waals surface area contributed by atoms with Gasteiger partial charge in [-0.15, -0.1) is 0 Å². The van der Waals surface area contributed by atoms with Gasteiger partial charge in [-0.05, 0) is 26.7 Å². The third-order valence-corrected chi connectivity index (χ3v) is 1.92. The number of rotatable bonds is 6. The van der Waals surface area contributed by atoms with Crippen LogP contribution in [0.2, 0.25) is 0 Å². The lowest BCUT2D eigenvalue weighted by Crippen LogP contribution is -2.40. The van der Waals surface area contributed by atoms with Crippen molar-refractivity contribution in [3.05, 3.63) is 0 Å². The van der Waals surface area contributed by atoms with Gasteiger partial charge in [0, 0.05) is 12.1 Å². The molecule has 0 spiro atoms. The highest BCUT2D eigenvalue weighted by atomic mass is 16.5. The molecule has 0 aliphatic rings. The Bertz CT molecular complexity index is 113. The molecule has 0 amide bonds. The average molecular weight is 175 g/mol. The molecule has 0 bridgehead atoms. The van der Waals surface area contributed by atoms with Gasteiger partial charge in [0.1, 0.15) is 0 Å². The summed E-state index contributed by atoms with van der Waals surface area (Å²) in [5, 5.41) is 8.93. The van der Waals surface area contributed by atoms with Gasteiger partial charge in [-0.25, -0.2) is 0 Å². The van der Waals surface area contributed by atoms with Crippen molar-refractivity contribution < 1.29 is 9.84 Å². The molecular weight excluding hydrogens is 154 g/mol. The zero-order valence-corrected chi connectivity index (χ0v) is 8.34. The van der Waals surface area contributed by atoms with Crippen LogP contribution < -0.4 is 5.73 Å². The molecule has 0 aromatic rings. The van der Waals surface area contributed by atoms with Crippen LogP contribution in [-0.2, 0) is 4.74 Å². The number of hydrogen-bond donors (Lipinski definition) is 2. The summed E-state index contributed by atoms with van der Waals surface area (Å²) in [6.07, 6.45) is 1.30. The molecule has 2 atom stereocenters. The van der Waals surface area contributed by atoms with Gasteiger partial charge in [0.25, 0.3) is 0 Å². The third kappa shape index (κ3) is 6.58. The normalized spacial score (nSPS) is 18.8. The van der Waals surface area contributed by atoms with E-state index in [0.29, 0.717) is 19.6 Å². The molecule has 0 saturated heterocycles. The quantitative estimate of drug-likeness (QED) is 0.590. The molecule has 0 fully saturated rings. The highest BCUT2D eigenvalue weighted by Gasteiger charge is 2.15. The van der Waals surface area contributed by atoms with Gasteiger partial charge in [0.2, 0.25) is 0 Å². The van der Waals surface area contributed by atoms with Gasteiger partial charge in [0.15, 0.2) is 0 Å². The summed E-state index contributed by atoms with van der Waals surface area (Å²) in [6.45, 7) is 6.92. The molecule has 3 heteroatoms. The van der Waals surface area contributed by atoms with Crippen LogP contribution in [0, 0.1) is 0 Å². The first kappa shape index (κ1) is 11.9. The maximum absolute atomic E-state index is 8.93. The third-order valence-electron chi connectivity index (χ3n) is 1.92. The summed E-state index contributed by atoms with van der Waals surface area (Å²) in [5.41, 5.74) is 5.62. The topological polar surface area (TPSA) is 55.5 Å². The smallest absolute Gasteiger partial charge is 0.0643 e. The first-order chi connectivity index (χ1) is 5.48. The van der Waals surface area contributed by atoms with E-state index >= 15 is 0 Å². The maximum atomic E-state index is 8.93. The summed E-state index contributed by atoms with van der Waals surface area (Å²) in [6, 6.07) is 0. The van der Waals surface area contributed by atoms with Crippen LogP contribution in [0.3, 0.4) is 0 Å². The van der Waals surface area contributed by atoms with Crippen LogP contribution in [0.25, 0.3) is 0 Å². The lowest BCUT2D eigenvalue weighted by Gasteiger charge is -2.22. The monoisotopic (exact) mass is 175 g/mol. The second-order valence-electron chi connectivity index (χ2n) is 3.70. The van der Waals surface area contributed by atoms with Crippen molar-refractivity contribution in [3.8, 4) is 0 Å². The van der Waals surface area contributed by atoms with E-state index < -0.39 is 0 Å². The van der Waals surface area contributed by atoms with Crippen molar-refractivity contribution in [2.75, 3.05) is 13.2 Å². The van der Waals surface area contributed by atoms with E-state index in [1.54, 1.807) is 6.92 Å². The molecule has 74 valence electrons. The average Bonchev–Trinajstić information content (AvgIpc) is 1.98.